The molecule has 0 heterocycles. The average molecular weight is 487 g/mol. The molecular formula is C23H25F3O6S. The summed E-state index contributed by atoms with van der Waals surface area (Å²) in [6.07, 6.45) is -4.33. The van der Waals surface area contributed by atoms with Crippen LogP contribution in [0.15, 0.2) is 41.3 Å². The van der Waals surface area contributed by atoms with E-state index < -0.39 is 12.1 Å². The molecule has 0 spiro atoms. The Bertz CT molecular complexity index is 948. The summed E-state index contributed by atoms with van der Waals surface area (Å²) < 4.78 is 57.2. The van der Waals surface area contributed by atoms with E-state index in [4.69, 9.17) is 14.2 Å². The first-order chi connectivity index (χ1) is 15.6. The third-order valence-corrected chi connectivity index (χ3v) is 5.41. The number of hydrogen-bond donors (Lipinski definition) is 0. The van der Waals surface area contributed by atoms with Gasteiger partial charge in [-0.05, 0) is 62.7 Å². The lowest BCUT2D eigenvalue weighted by molar-refractivity contribution is -0.274. The fourth-order valence-electron chi connectivity index (χ4n) is 2.75. The van der Waals surface area contributed by atoms with Gasteiger partial charge in [0.1, 0.15) is 17.2 Å². The molecular weight excluding hydrogens is 461 g/mol. The Labute approximate surface area is 194 Å². The van der Waals surface area contributed by atoms with Gasteiger partial charge in [0, 0.05) is 11.3 Å². The van der Waals surface area contributed by atoms with Gasteiger partial charge in [0.15, 0.2) is 6.29 Å². The Kier molecular flexibility index (Phi) is 9.90. The van der Waals surface area contributed by atoms with Crippen molar-refractivity contribution < 1.29 is 41.7 Å². The van der Waals surface area contributed by atoms with Crippen LogP contribution >= 0.6 is 11.8 Å². The van der Waals surface area contributed by atoms with Crippen molar-refractivity contribution in [2.24, 2.45) is 0 Å². The number of thioether (sulfide) groups is 1. The molecule has 0 aliphatic rings. The highest BCUT2D eigenvalue weighted by Gasteiger charge is 2.31. The minimum Gasteiger partial charge on any atom is -0.493 e. The summed E-state index contributed by atoms with van der Waals surface area (Å²) in [6, 6.07) is 8.86. The molecule has 2 rings (SSSR count). The molecule has 0 saturated heterocycles. The van der Waals surface area contributed by atoms with Crippen molar-refractivity contribution >= 4 is 24.0 Å². The van der Waals surface area contributed by atoms with Gasteiger partial charge in [0.05, 0.1) is 30.6 Å². The molecule has 0 saturated carbocycles. The number of alkyl halides is 3. The van der Waals surface area contributed by atoms with E-state index >= 15 is 0 Å². The standard InChI is InChI=1S/C23H25F3O6S/c1-4-29-22(28)14-33-21-8-6-18(11-15(21)2)30-10-9-16(3)31-20-7-5-19(12-17(20)13-27)32-23(24,25)26/h5-8,11-13,16H,4,9-10,14H2,1-3H3. The third-order valence-electron chi connectivity index (χ3n) is 4.26. The normalized spacial score (nSPS) is 12.1. The minimum atomic E-state index is -4.84. The average Bonchev–Trinajstić information content (AvgIpc) is 2.73. The molecule has 0 aromatic heterocycles. The quantitative estimate of drug-likeness (QED) is 0.220. The molecule has 180 valence electrons. The number of carbonyl (C=O) groups is 2. The van der Waals surface area contributed by atoms with Gasteiger partial charge < -0.3 is 18.9 Å². The van der Waals surface area contributed by atoms with Crippen LogP contribution in [-0.4, -0.2) is 43.7 Å². The Morgan fingerprint density at radius 3 is 2.52 bits per heavy atom. The molecule has 0 amide bonds. The first-order valence-electron chi connectivity index (χ1n) is 10.1. The first-order valence-corrected chi connectivity index (χ1v) is 11.1. The van der Waals surface area contributed by atoms with Crippen LogP contribution in [-0.2, 0) is 9.53 Å². The molecule has 0 radical (unpaired) electrons. The summed E-state index contributed by atoms with van der Waals surface area (Å²) in [6.45, 7) is 6.11. The molecule has 33 heavy (non-hydrogen) atoms. The SMILES string of the molecule is CCOC(=O)CSc1ccc(OCCC(C)Oc2ccc(OC(F)(F)F)cc2C=O)cc1C. The van der Waals surface area contributed by atoms with Crippen molar-refractivity contribution in [2.75, 3.05) is 19.0 Å². The van der Waals surface area contributed by atoms with Crippen LogP contribution in [0.25, 0.3) is 0 Å². The topological polar surface area (TPSA) is 71.1 Å². The number of rotatable bonds is 12. The number of aryl methyl sites for hydroxylation is 1. The monoisotopic (exact) mass is 486 g/mol. The second-order valence-electron chi connectivity index (χ2n) is 6.95. The van der Waals surface area contributed by atoms with E-state index in [1.807, 2.05) is 19.1 Å². The Morgan fingerprint density at radius 1 is 1.15 bits per heavy atom. The lowest BCUT2D eigenvalue weighted by Crippen LogP contribution is -2.18. The number of benzene rings is 2. The highest BCUT2D eigenvalue weighted by molar-refractivity contribution is 8.00. The van der Waals surface area contributed by atoms with Crippen molar-refractivity contribution in [3.8, 4) is 17.2 Å². The maximum atomic E-state index is 12.3. The first kappa shape index (κ1) is 26.4. The predicted molar refractivity (Wildman–Crippen MR) is 117 cm³/mol. The van der Waals surface area contributed by atoms with Gasteiger partial charge >= 0.3 is 12.3 Å². The highest BCUT2D eigenvalue weighted by atomic mass is 32.2. The summed E-state index contributed by atoms with van der Waals surface area (Å²) in [7, 11) is 0. The molecule has 2 aromatic rings. The zero-order valence-electron chi connectivity index (χ0n) is 18.4. The molecule has 1 atom stereocenters. The number of carbonyl (C=O) groups excluding carboxylic acids is 2. The minimum absolute atomic E-state index is 0.0453. The van der Waals surface area contributed by atoms with Crippen molar-refractivity contribution in [1.29, 1.82) is 0 Å². The smallest absolute Gasteiger partial charge is 0.493 e. The molecule has 1 unspecified atom stereocenters. The van der Waals surface area contributed by atoms with E-state index in [-0.39, 0.29) is 29.1 Å². The van der Waals surface area contributed by atoms with Crippen LogP contribution in [0.2, 0.25) is 0 Å². The van der Waals surface area contributed by atoms with Crippen LogP contribution in [0, 0.1) is 6.92 Å². The fraction of sp³-hybridized carbons (Fsp3) is 0.391. The lowest BCUT2D eigenvalue weighted by atomic mass is 10.2. The van der Waals surface area contributed by atoms with Crippen LogP contribution < -0.4 is 14.2 Å². The Hall–Kier alpha value is -2.88. The molecule has 0 fully saturated rings. The fourth-order valence-corrected chi connectivity index (χ4v) is 3.56. The summed E-state index contributed by atoms with van der Waals surface area (Å²) in [5.41, 5.74) is 0.916. The maximum Gasteiger partial charge on any atom is 0.573 e. The lowest BCUT2D eigenvalue weighted by Gasteiger charge is -2.17. The van der Waals surface area contributed by atoms with E-state index in [0.29, 0.717) is 31.7 Å². The molecule has 0 aliphatic heterocycles. The zero-order valence-corrected chi connectivity index (χ0v) is 19.3. The van der Waals surface area contributed by atoms with E-state index in [9.17, 15) is 22.8 Å². The summed E-state index contributed by atoms with van der Waals surface area (Å²) >= 11 is 1.39. The number of halogens is 3. The van der Waals surface area contributed by atoms with Crippen molar-refractivity contribution in [2.45, 2.75) is 44.6 Å². The largest absolute Gasteiger partial charge is 0.573 e. The van der Waals surface area contributed by atoms with Crippen molar-refractivity contribution in [1.82, 2.24) is 0 Å². The second kappa shape index (κ2) is 12.4. The van der Waals surface area contributed by atoms with Gasteiger partial charge in [0.2, 0.25) is 0 Å². The third kappa shape index (κ3) is 9.25. The van der Waals surface area contributed by atoms with Crippen LogP contribution in [0.3, 0.4) is 0 Å². The van der Waals surface area contributed by atoms with Gasteiger partial charge in [-0.3, -0.25) is 9.59 Å². The van der Waals surface area contributed by atoms with Crippen LogP contribution in [0.5, 0.6) is 17.2 Å². The second-order valence-corrected chi connectivity index (χ2v) is 7.97. The molecule has 0 N–H and O–H groups in total. The molecule has 6 nitrogen and oxygen atoms in total. The highest BCUT2D eigenvalue weighted by Crippen LogP contribution is 2.29. The van der Waals surface area contributed by atoms with Gasteiger partial charge in [-0.15, -0.1) is 24.9 Å². The molecule has 2 aromatic carbocycles. The van der Waals surface area contributed by atoms with E-state index in [1.54, 1.807) is 19.9 Å². The van der Waals surface area contributed by atoms with Gasteiger partial charge in [-0.2, -0.15) is 0 Å². The maximum absolute atomic E-state index is 12.3. The number of ether oxygens (including phenoxy) is 4. The van der Waals surface area contributed by atoms with Crippen LogP contribution in [0.4, 0.5) is 13.2 Å². The van der Waals surface area contributed by atoms with E-state index in [1.165, 1.54) is 17.8 Å². The number of esters is 1. The molecule has 10 heteroatoms. The van der Waals surface area contributed by atoms with Crippen molar-refractivity contribution in [3.63, 3.8) is 0 Å². The zero-order chi connectivity index (χ0) is 24.4. The Balaban J connectivity index is 1.85. The van der Waals surface area contributed by atoms with Gasteiger partial charge in [-0.25, -0.2) is 0 Å². The van der Waals surface area contributed by atoms with E-state index in [2.05, 4.69) is 4.74 Å². The number of aldehydes is 1. The Morgan fingerprint density at radius 2 is 1.88 bits per heavy atom. The summed E-state index contributed by atoms with van der Waals surface area (Å²) in [5, 5.41) is 0. The molecule has 0 aliphatic carbocycles. The van der Waals surface area contributed by atoms with E-state index in [0.717, 1.165) is 22.6 Å². The summed E-state index contributed by atoms with van der Waals surface area (Å²) in [5.74, 6) is 0.285. The van der Waals surface area contributed by atoms with Crippen molar-refractivity contribution in [3.05, 3.63) is 47.5 Å². The van der Waals surface area contributed by atoms with Gasteiger partial charge in [-0.1, -0.05) is 0 Å². The number of hydrogen-bond acceptors (Lipinski definition) is 7. The van der Waals surface area contributed by atoms with Crippen LogP contribution in [0.1, 0.15) is 36.2 Å². The summed E-state index contributed by atoms with van der Waals surface area (Å²) in [4.78, 5) is 23.7. The van der Waals surface area contributed by atoms with Gasteiger partial charge in [0.25, 0.3) is 0 Å². The predicted octanol–water partition coefficient (Wildman–Crippen LogP) is 5.60. The molecule has 0 bridgehead atoms.